The van der Waals surface area contributed by atoms with Crippen LogP contribution in [-0.2, 0) is 6.42 Å². The first-order valence-electron chi connectivity index (χ1n) is 8.79. The van der Waals surface area contributed by atoms with Crippen LogP contribution >= 0.6 is 23.1 Å². The third-order valence-corrected chi connectivity index (χ3v) is 6.42. The van der Waals surface area contributed by atoms with Gasteiger partial charge in [-0.25, -0.2) is 4.98 Å². The Morgan fingerprint density at radius 1 is 1.40 bits per heavy atom. The van der Waals surface area contributed by atoms with Crippen LogP contribution in [0.15, 0.2) is 45.6 Å². The molecule has 0 amide bonds. The molecule has 0 bridgehead atoms. The maximum atomic E-state index is 4.52. The second kappa shape index (κ2) is 9.25. The molecule has 1 aromatic carbocycles. The van der Waals surface area contributed by atoms with E-state index in [-0.39, 0.29) is 0 Å². The van der Waals surface area contributed by atoms with E-state index in [1.807, 2.05) is 18.8 Å². The zero-order chi connectivity index (χ0) is 17.5. The molecule has 0 aliphatic carbocycles. The lowest BCUT2D eigenvalue weighted by Crippen LogP contribution is -2.41. The van der Waals surface area contributed by atoms with Gasteiger partial charge in [-0.2, -0.15) is 0 Å². The van der Waals surface area contributed by atoms with Crippen molar-refractivity contribution in [1.82, 2.24) is 15.2 Å². The van der Waals surface area contributed by atoms with Gasteiger partial charge in [0.25, 0.3) is 0 Å². The fraction of sp³-hybridized carbons (Fsp3) is 0.474. The monoisotopic (exact) mass is 374 g/mol. The van der Waals surface area contributed by atoms with Gasteiger partial charge >= 0.3 is 0 Å². The number of benzene rings is 1. The minimum absolute atomic E-state index is 0.727. The first-order chi connectivity index (χ1) is 12.2. The van der Waals surface area contributed by atoms with Crippen LogP contribution in [0, 0.1) is 12.8 Å². The Bertz CT molecular complexity index is 684. The maximum Gasteiger partial charge on any atom is 0.193 e. The zero-order valence-corrected chi connectivity index (χ0v) is 16.6. The van der Waals surface area contributed by atoms with Gasteiger partial charge in [-0.15, -0.1) is 23.1 Å². The predicted octanol–water partition coefficient (Wildman–Crippen LogP) is 3.68. The Morgan fingerprint density at radius 2 is 2.24 bits per heavy atom. The number of thioether (sulfide) groups is 1. The third kappa shape index (κ3) is 5.47. The first-order valence-corrected chi connectivity index (χ1v) is 10.7. The molecular formula is C19H26N4S2. The number of aromatic nitrogens is 1. The number of hydrogen-bond acceptors (Lipinski definition) is 4. The summed E-state index contributed by atoms with van der Waals surface area (Å²) in [6.45, 7) is 5.12. The van der Waals surface area contributed by atoms with Gasteiger partial charge in [0.05, 0.1) is 10.7 Å². The van der Waals surface area contributed by atoms with E-state index < -0.39 is 0 Å². The van der Waals surface area contributed by atoms with Crippen LogP contribution in [-0.4, -0.2) is 48.3 Å². The van der Waals surface area contributed by atoms with E-state index in [2.05, 4.69) is 62.8 Å². The third-order valence-electron chi connectivity index (χ3n) is 4.36. The Balaban J connectivity index is 1.41. The fourth-order valence-corrected chi connectivity index (χ4v) is 4.75. The zero-order valence-electron chi connectivity index (χ0n) is 14.9. The largest absolute Gasteiger partial charge is 0.356 e. The lowest BCUT2D eigenvalue weighted by molar-refractivity contribution is 0.474. The van der Waals surface area contributed by atoms with E-state index in [1.54, 1.807) is 11.3 Å². The molecule has 2 aromatic rings. The minimum Gasteiger partial charge on any atom is -0.356 e. The number of hydrogen-bond donors (Lipinski definition) is 1. The van der Waals surface area contributed by atoms with E-state index in [1.165, 1.54) is 22.8 Å². The van der Waals surface area contributed by atoms with Crippen LogP contribution in [0.1, 0.15) is 17.1 Å². The van der Waals surface area contributed by atoms with Crippen molar-refractivity contribution in [2.45, 2.75) is 24.7 Å². The summed E-state index contributed by atoms with van der Waals surface area (Å²) in [5.41, 5.74) is 1.17. The number of rotatable bonds is 6. The van der Waals surface area contributed by atoms with Crippen molar-refractivity contribution in [3.8, 4) is 0 Å². The molecule has 1 aromatic heterocycles. The second-order valence-corrected chi connectivity index (χ2v) is 8.46. The number of guanidine groups is 1. The minimum atomic E-state index is 0.727. The number of nitrogens with one attached hydrogen (secondary N) is 1. The smallest absolute Gasteiger partial charge is 0.193 e. The Kier molecular flexibility index (Phi) is 6.76. The van der Waals surface area contributed by atoms with E-state index in [9.17, 15) is 0 Å². The van der Waals surface area contributed by atoms with Gasteiger partial charge in [0, 0.05) is 49.1 Å². The SMILES string of the molecule is CN=C(NCCc1csc(C)n1)N1CCC(CSc2ccccc2)C1. The number of aryl methyl sites for hydroxylation is 1. The molecule has 3 rings (SSSR count). The van der Waals surface area contributed by atoms with E-state index in [0.29, 0.717) is 0 Å². The van der Waals surface area contributed by atoms with E-state index >= 15 is 0 Å². The highest BCUT2D eigenvalue weighted by Gasteiger charge is 2.24. The number of likely N-dealkylation sites (tertiary alicyclic amines) is 1. The summed E-state index contributed by atoms with van der Waals surface area (Å²) in [6.07, 6.45) is 2.19. The van der Waals surface area contributed by atoms with Crippen LogP contribution in [0.4, 0.5) is 0 Å². The first kappa shape index (κ1) is 18.3. The van der Waals surface area contributed by atoms with Crippen molar-refractivity contribution in [3.05, 3.63) is 46.4 Å². The van der Waals surface area contributed by atoms with Gasteiger partial charge in [0.15, 0.2) is 5.96 Å². The fourth-order valence-electron chi connectivity index (χ4n) is 3.05. The summed E-state index contributed by atoms with van der Waals surface area (Å²) in [4.78, 5) is 12.7. The van der Waals surface area contributed by atoms with Gasteiger partial charge in [-0.05, 0) is 31.4 Å². The summed E-state index contributed by atoms with van der Waals surface area (Å²) in [5.74, 6) is 2.93. The van der Waals surface area contributed by atoms with Gasteiger partial charge < -0.3 is 10.2 Å². The van der Waals surface area contributed by atoms with Crippen LogP contribution in [0.3, 0.4) is 0 Å². The Morgan fingerprint density at radius 3 is 2.96 bits per heavy atom. The van der Waals surface area contributed by atoms with Crippen molar-refractivity contribution in [2.75, 3.05) is 32.4 Å². The summed E-state index contributed by atoms with van der Waals surface area (Å²) < 4.78 is 0. The van der Waals surface area contributed by atoms with Crippen molar-refractivity contribution in [1.29, 1.82) is 0 Å². The summed E-state index contributed by atoms with van der Waals surface area (Å²) in [5, 5.41) is 6.78. The molecule has 1 saturated heterocycles. The van der Waals surface area contributed by atoms with Crippen molar-refractivity contribution in [2.24, 2.45) is 10.9 Å². The molecule has 0 spiro atoms. The quantitative estimate of drug-likeness (QED) is 0.476. The Labute approximate surface area is 158 Å². The molecule has 1 aliphatic rings. The van der Waals surface area contributed by atoms with Gasteiger partial charge in [0.1, 0.15) is 0 Å². The molecular weight excluding hydrogens is 348 g/mol. The number of thiazole rings is 1. The van der Waals surface area contributed by atoms with Crippen molar-refractivity contribution >= 4 is 29.1 Å². The molecule has 1 N–H and O–H groups in total. The predicted molar refractivity (Wildman–Crippen MR) is 109 cm³/mol. The molecule has 0 radical (unpaired) electrons. The Hall–Kier alpha value is -1.53. The van der Waals surface area contributed by atoms with Crippen molar-refractivity contribution < 1.29 is 0 Å². The van der Waals surface area contributed by atoms with Crippen LogP contribution < -0.4 is 5.32 Å². The standard InChI is InChI=1S/C19H26N4S2/c1-15-22-17(14-24-15)8-10-21-19(20-2)23-11-9-16(12-23)13-25-18-6-4-3-5-7-18/h3-7,14,16H,8-13H2,1-2H3,(H,20,21). The average molecular weight is 375 g/mol. The van der Waals surface area contributed by atoms with Crippen LogP contribution in [0.2, 0.25) is 0 Å². The molecule has 1 unspecified atom stereocenters. The van der Waals surface area contributed by atoms with E-state index in [0.717, 1.165) is 42.9 Å². The van der Waals surface area contributed by atoms with Gasteiger partial charge in [-0.1, -0.05) is 18.2 Å². The molecule has 0 saturated carbocycles. The molecule has 25 heavy (non-hydrogen) atoms. The normalized spacial score (nSPS) is 17.9. The highest BCUT2D eigenvalue weighted by molar-refractivity contribution is 7.99. The maximum absolute atomic E-state index is 4.52. The molecule has 4 nitrogen and oxygen atoms in total. The molecule has 1 fully saturated rings. The van der Waals surface area contributed by atoms with Crippen LogP contribution in [0.5, 0.6) is 0 Å². The lowest BCUT2D eigenvalue weighted by Gasteiger charge is -2.21. The molecule has 134 valence electrons. The summed E-state index contributed by atoms with van der Waals surface area (Å²) in [7, 11) is 1.88. The second-order valence-electron chi connectivity index (χ2n) is 6.31. The molecule has 2 heterocycles. The van der Waals surface area contributed by atoms with Crippen LogP contribution in [0.25, 0.3) is 0 Å². The molecule has 1 aliphatic heterocycles. The topological polar surface area (TPSA) is 40.5 Å². The van der Waals surface area contributed by atoms with Crippen molar-refractivity contribution in [3.63, 3.8) is 0 Å². The van der Waals surface area contributed by atoms with E-state index in [4.69, 9.17) is 0 Å². The lowest BCUT2D eigenvalue weighted by atomic mass is 10.2. The van der Waals surface area contributed by atoms with Gasteiger partial charge in [-0.3, -0.25) is 4.99 Å². The number of aliphatic imine (C=N–C) groups is 1. The molecule has 6 heteroatoms. The highest BCUT2D eigenvalue weighted by Crippen LogP contribution is 2.25. The average Bonchev–Trinajstić information content (AvgIpc) is 3.27. The summed E-state index contributed by atoms with van der Waals surface area (Å²) in [6, 6.07) is 10.7. The number of nitrogens with zero attached hydrogens (tertiary/aromatic N) is 3. The highest BCUT2D eigenvalue weighted by atomic mass is 32.2. The summed E-state index contributed by atoms with van der Waals surface area (Å²) >= 11 is 3.68. The van der Waals surface area contributed by atoms with Gasteiger partial charge in [0.2, 0.25) is 0 Å². The molecule has 1 atom stereocenters.